The van der Waals surface area contributed by atoms with Gasteiger partial charge in [0.25, 0.3) is 0 Å². The Kier molecular flexibility index (Phi) is 1.68. The molecule has 0 saturated carbocycles. The number of hydrogen-bond acceptors (Lipinski definition) is 2. The van der Waals surface area contributed by atoms with Gasteiger partial charge in [0, 0.05) is 11.6 Å². The van der Waals surface area contributed by atoms with E-state index in [2.05, 4.69) is 0 Å². The molecule has 0 aliphatic carbocycles. The van der Waals surface area contributed by atoms with Crippen LogP contribution in [0.25, 0.3) is 0 Å². The van der Waals surface area contributed by atoms with Crippen LogP contribution < -0.4 is 5.73 Å². The maximum atomic E-state index is 12.7. The molecular formula is C7H7F2NO. The second kappa shape index (κ2) is 2.38. The Balaban J connectivity index is 3.46. The number of rotatable bonds is 0. The normalized spacial score (nSPS) is 10.1. The molecule has 0 aromatic heterocycles. The lowest BCUT2D eigenvalue weighted by Gasteiger charge is -2.03. The van der Waals surface area contributed by atoms with Crippen LogP contribution in [0.1, 0.15) is 5.56 Å². The van der Waals surface area contributed by atoms with Crippen LogP contribution in [0.2, 0.25) is 0 Å². The molecule has 11 heavy (non-hydrogen) atoms. The number of benzene rings is 1. The smallest absolute Gasteiger partial charge is 0.167 e. The predicted octanol–water partition coefficient (Wildman–Crippen LogP) is 1.56. The van der Waals surface area contributed by atoms with Gasteiger partial charge in [-0.15, -0.1) is 0 Å². The standard InChI is InChI=1S/C7H7F2NO/c1-3-6(9)5(10)2-4(8)7(3)11/h2,11H,10H2,1H3. The van der Waals surface area contributed by atoms with E-state index >= 15 is 0 Å². The molecule has 4 heteroatoms. The molecule has 1 aromatic rings. The number of halogens is 2. The molecule has 0 unspecified atom stereocenters. The molecule has 0 heterocycles. The van der Waals surface area contributed by atoms with E-state index in [1.807, 2.05) is 0 Å². The fourth-order valence-electron chi connectivity index (χ4n) is 0.768. The second-order valence-electron chi connectivity index (χ2n) is 2.24. The van der Waals surface area contributed by atoms with Crippen LogP contribution in [0, 0.1) is 18.6 Å². The summed E-state index contributed by atoms with van der Waals surface area (Å²) in [6, 6.07) is 0.748. The van der Waals surface area contributed by atoms with Crippen molar-refractivity contribution in [3.05, 3.63) is 23.3 Å². The molecule has 0 aliphatic heterocycles. The number of phenolic OH excluding ortho intramolecular Hbond substituents is 1. The van der Waals surface area contributed by atoms with Gasteiger partial charge in [-0.25, -0.2) is 8.78 Å². The van der Waals surface area contributed by atoms with Crippen molar-refractivity contribution in [2.24, 2.45) is 0 Å². The molecule has 1 rings (SSSR count). The van der Waals surface area contributed by atoms with E-state index in [-0.39, 0.29) is 11.3 Å². The lowest BCUT2D eigenvalue weighted by Crippen LogP contribution is -1.95. The van der Waals surface area contributed by atoms with Gasteiger partial charge in [0.1, 0.15) is 0 Å². The Bertz CT molecular complexity index is 273. The molecule has 0 spiro atoms. The number of aromatic hydroxyl groups is 1. The fourth-order valence-corrected chi connectivity index (χ4v) is 0.768. The Hall–Kier alpha value is -1.32. The third-order valence-electron chi connectivity index (χ3n) is 1.45. The van der Waals surface area contributed by atoms with E-state index in [1.54, 1.807) is 0 Å². The average Bonchev–Trinajstić information content (AvgIpc) is 1.97. The van der Waals surface area contributed by atoms with Gasteiger partial charge in [-0.3, -0.25) is 0 Å². The summed E-state index contributed by atoms with van der Waals surface area (Å²) in [5.41, 5.74) is 4.61. The van der Waals surface area contributed by atoms with Crippen LogP contribution in [0.5, 0.6) is 5.75 Å². The second-order valence-corrected chi connectivity index (χ2v) is 2.24. The van der Waals surface area contributed by atoms with E-state index < -0.39 is 17.4 Å². The topological polar surface area (TPSA) is 46.2 Å². The van der Waals surface area contributed by atoms with Crippen LogP contribution in [-0.4, -0.2) is 5.11 Å². The number of anilines is 1. The van der Waals surface area contributed by atoms with Gasteiger partial charge < -0.3 is 10.8 Å². The molecule has 3 N–H and O–H groups in total. The minimum Gasteiger partial charge on any atom is -0.505 e. The SMILES string of the molecule is Cc1c(O)c(F)cc(N)c1F. The van der Waals surface area contributed by atoms with Gasteiger partial charge in [-0.05, 0) is 6.92 Å². The van der Waals surface area contributed by atoms with Gasteiger partial charge in [0.15, 0.2) is 17.4 Å². The van der Waals surface area contributed by atoms with Crippen molar-refractivity contribution >= 4 is 5.69 Å². The Labute approximate surface area is 62.3 Å². The maximum Gasteiger partial charge on any atom is 0.167 e. The minimum absolute atomic E-state index is 0.164. The first-order valence-electron chi connectivity index (χ1n) is 2.97. The Morgan fingerprint density at radius 3 is 2.55 bits per heavy atom. The predicted molar refractivity (Wildman–Crippen MR) is 37.2 cm³/mol. The highest BCUT2D eigenvalue weighted by Gasteiger charge is 2.11. The van der Waals surface area contributed by atoms with Crippen LogP contribution in [0.15, 0.2) is 6.07 Å². The van der Waals surface area contributed by atoms with Crippen molar-refractivity contribution in [3.63, 3.8) is 0 Å². The number of phenols is 1. The van der Waals surface area contributed by atoms with Crippen LogP contribution in [0.4, 0.5) is 14.5 Å². The first-order chi connectivity index (χ1) is 5.04. The highest BCUT2D eigenvalue weighted by molar-refractivity contribution is 5.49. The Morgan fingerprint density at radius 1 is 1.45 bits per heavy atom. The molecule has 60 valence electrons. The van der Waals surface area contributed by atoms with E-state index in [0.717, 1.165) is 6.07 Å². The van der Waals surface area contributed by atoms with Crippen molar-refractivity contribution in [1.29, 1.82) is 0 Å². The van der Waals surface area contributed by atoms with Gasteiger partial charge in [-0.1, -0.05) is 0 Å². The largest absolute Gasteiger partial charge is 0.505 e. The van der Waals surface area contributed by atoms with Crippen molar-refractivity contribution in [1.82, 2.24) is 0 Å². The van der Waals surface area contributed by atoms with Crippen LogP contribution in [0.3, 0.4) is 0 Å². The molecule has 0 amide bonds. The summed E-state index contributed by atoms with van der Waals surface area (Å²) in [5, 5.41) is 8.84. The molecule has 1 aromatic carbocycles. The first kappa shape index (κ1) is 7.78. The lowest BCUT2D eigenvalue weighted by atomic mass is 10.2. The molecule has 2 nitrogen and oxygen atoms in total. The summed E-state index contributed by atoms with van der Waals surface area (Å²) in [4.78, 5) is 0. The molecule has 0 saturated heterocycles. The molecule has 0 aliphatic rings. The molecular weight excluding hydrogens is 152 g/mol. The van der Waals surface area contributed by atoms with Gasteiger partial charge in [0.2, 0.25) is 0 Å². The van der Waals surface area contributed by atoms with Gasteiger partial charge >= 0.3 is 0 Å². The van der Waals surface area contributed by atoms with Crippen LogP contribution >= 0.6 is 0 Å². The molecule has 0 atom stereocenters. The highest BCUT2D eigenvalue weighted by Crippen LogP contribution is 2.26. The summed E-state index contributed by atoms with van der Waals surface area (Å²) in [7, 11) is 0. The third kappa shape index (κ3) is 1.11. The van der Waals surface area contributed by atoms with E-state index in [1.165, 1.54) is 6.92 Å². The zero-order valence-corrected chi connectivity index (χ0v) is 5.86. The zero-order chi connectivity index (χ0) is 8.59. The van der Waals surface area contributed by atoms with E-state index in [4.69, 9.17) is 10.8 Å². The number of nitrogens with two attached hydrogens (primary N) is 1. The van der Waals surface area contributed by atoms with E-state index in [9.17, 15) is 8.78 Å². The third-order valence-corrected chi connectivity index (χ3v) is 1.45. The van der Waals surface area contributed by atoms with Crippen molar-refractivity contribution in [3.8, 4) is 5.75 Å². The summed E-state index contributed by atoms with van der Waals surface area (Å²) < 4.78 is 25.2. The monoisotopic (exact) mass is 159 g/mol. The summed E-state index contributed by atoms with van der Waals surface area (Å²) in [6.45, 7) is 1.25. The lowest BCUT2D eigenvalue weighted by molar-refractivity contribution is 0.422. The summed E-state index contributed by atoms with van der Waals surface area (Å²) >= 11 is 0. The Morgan fingerprint density at radius 2 is 2.00 bits per heavy atom. The fraction of sp³-hybridized carbons (Fsp3) is 0.143. The molecule has 0 radical (unpaired) electrons. The van der Waals surface area contributed by atoms with Crippen molar-refractivity contribution in [2.45, 2.75) is 6.92 Å². The summed E-state index contributed by atoms with van der Waals surface area (Å²) in [6.07, 6.45) is 0. The van der Waals surface area contributed by atoms with Gasteiger partial charge in [-0.2, -0.15) is 0 Å². The maximum absolute atomic E-state index is 12.7. The zero-order valence-electron chi connectivity index (χ0n) is 5.86. The average molecular weight is 159 g/mol. The number of nitrogen functional groups attached to an aromatic ring is 1. The summed E-state index contributed by atoms with van der Waals surface area (Å²) in [5.74, 6) is -2.36. The first-order valence-corrected chi connectivity index (χ1v) is 2.97. The quantitative estimate of drug-likeness (QED) is 0.445. The minimum atomic E-state index is -0.901. The number of hydrogen-bond donors (Lipinski definition) is 2. The van der Waals surface area contributed by atoms with Gasteiger partial charge in [0.05, 0.1) is 5.69 Å². The van der Waals surface area contributed by atoms with E-state index in [0.29, 0.717) is 0 Å². The molecule has 0 fully saturated rings. The highest BCUT2D eigenvalue weighted by atomic mass is 19.1. The molecule has 0 bridgehead atoms. The van der Waals surface area contributed by atoms with Crippen molar-refractivity contribution < 1.29 is 13.9 Å². The van der Waals surface area contributed by atoms with Crippen molar-refractivity contribution in [2.75, 3.05) is 5.73 Å². The van der Waals surface area contributed by atoms with Crippen LogP contribution in [-0.2, 0) is 0 Å².